The van der Waals surface area contributed by atoms with Gasteiger partial charge in [0.25, 0.3) is 17.7 Å². The Hall–Kier alpha value is -3.62. The van der Waals surface area contributed by atoms with Crippen molar-refractivity contribution in [3.63, 3.8) is 0 Å². The van der Waals surface area contributed by atoms with Gasteiger partial charge >= 0.3 is 0 Å². The number of aromatic nitrogens is 4. The summed E-state index contributed by atoms with van der Waals surface area (Å²) in [4.78, 5) is 23.1. The molecule has 1 saturated heterocycles. The Balaban J connectivity index is 1.47. The van der Waals surface area contributed by atoms with E-state index in [2.05, 4.69) is 20.2 Å². The number of methoxy groups -OCH3 is 2. The topological polar surface area (TPSA) is 102 Å². The first-order valence-electron chi connectivity index (χ1n) is 9.69. The first kappa shape index (κ1) is 19.7. The van der Waals surface area contributed by atoms with E-state index in [1.807, 2.05) is 24.3 Å². The van der Waals surface area contributed by atoms with E-state index in [-0.39, 0.29) is 12.0 Å². The van der Waals surface area contributed by atoms with Crippen LogP contribution in [-0.2, 0) is 0 Å². The minimum atomic E-state index is -0.190. The number of benzene rings is 1. The van der Waals surface area contributed by atoms with Crippen LogP contribution >= 0.6 is 0 Å². The molecule has 0 spiro atoms. The SMILES string of the molecule is COc1ccccc1-c1cc(C(=O)N2CCCC(Oc3nccnc3OC)C2)[nH]n1. The molecule has 156 valence electrons. The van der Waals surface area contributed by atoms with Crippen LogP contribution < -0.4 is 14.2 Å². The van der Waals surface area contributed by atoms with E-state index >= 15 is 0 Å². The predicted molar refractivity (Wildman–Crippen MR) is 109 cm³/mol. The lowest BCUT2D eigenvalue weighted by Crippen LogP contribution is -2.44. The molecule has 0 aliphatic carbocycles. The molecule has 4 rings (SSSR count). The summed E-state index contributed by atoms with van der Waals surface area (Å²) < 4.78 is 16.5. The molecule has 1 unspecified atom stereocenters. The first-order chi connectivity index (χ1) is 14.7. The summed E-state index contributed by atoms with van der Waals surface area (Å²) in [5.41, 5.74) is 1.91. The smallest absolute Gasteiger partial charge is 0.278 e. The average Bonchev–Trinajstić information content (AvgIpc) is 3.29. The number of para-hydroxylation sites is 1. The maximum absolute atomic E-state index is 13.0. The van der Waals surface area contributed by atoms with Crippen LogP contribution in [0.5, 0.6) is 17.5 Å². The minimum absolute atomic E-state index is 0.122. The maximum Gasteiger partial charge on any atom is 0.278 e. The van der Waals surface area contributed by atoms with E-state index in [9.17, 15) is 4.79 Å². The number of nitrogens with one attached hydrogen (secondary N) is 1. The van der Waals surface area contributed by atoms with Crippen molar-refractivity contribution in [3.8, 4) is 28.8 Å². The molecule has 9 heteroatoms. The number of carbonyl (C=O) groups excluding carboxylic acids is 1. The molecule has 1 N–H and O–H groups in total. The van der Waals surface area contributed by atoms with Gasteiger partial charge in [-0.05, 0) is 31.0 Å². The Morgan fingerprint density at radius 1 is 1.13 bits per heavy atom. The van der Waals surface area contributed by atoms with Gasteiger partial charge in [-0.25, -0.2) is 9.97 Å². The van der Waals surface area contributed by atoms with Crippen molar-refractivity contribution < 1.29 is 19.0 Å². The summed E-state index contributed by atoms with van der Waals surface area (Å²) in [5.74, 6) is 1.24. The Morgan fingerprint density at radius 2 is 1.93 bits per heavy atom. The zero-order chi connectivity index (χ0) is 20.9. The highest BCUT2D eigenvalue weighted by atomic mass is 16.5. The molecule has 3 aromatic rings. The third kappa shape index (κ3) is 4.05. The summed E-state index contributed by atoms with van der Waals surface area (Å²) in [7, 11) is 3.13. The van der Waals surface area contributed by atoms with Crippen LogP contribution in [0.15, 0.2) is 42.7 Å². The molecule has 9 nitrogen and oxygen atoms in total. The van der Waals surface area contributed by atoms with E-state index in [1.165, 1.54) is 7.11 Å². The van der Waals surface area contributed by atoms with Crippen LogP contribution in [-0.4, -0.2) is 64.4 Å². The molecule has 3 heterocycles. The lowest BCUT2D eigenvalue weighted by Gasteiger charge is -2.32. The standard InChI is InChI=1S/C21H23N5O4/c1-28-18-8-4-3-7-15(18)16-12-17(25-24-16)21(27)26-11-5-6-14(13-26)30-20-19(29-2)22-9-10-23-20/h3-4,7-10,12,14H,5-6,11,13H2,1-2H3,(H,24,25). The highest BCUT2D eigenvalue weighted by molar-refractivity contribution is 5.93. The summed E-state index contributed by atoms with van der Waals surface area (Å²) in [6, 6.07) is 9.31. The number of aromatic amines is 1. The normalized spacial score (nSPS) is 16.2. The molecule has 1 fully saturated rings. The molecular formula is C21H23N5O4. The lowest BCUT2D eigenvalue weighted by atomic mass is 10.1. The zero-order valence-corrected chi connectivity index (χ0v) is 16.9. The number of rotatable bonds is 6. The van der Waals surface area contributed by atoms with Gasteiger partial charge in [0.15, 0.2) is 0 Å². The second kappa shape index (κ2) is 8.81. The summed E-state index contributed by atoms with van der Waals surface area (Å²) in [5, 5.41) is 7.16. The molecule has 0 radical (unpaired) electrons. The molecule has 1 aliphatic rings. The number of ether oxygens (including phenoxy) is 3. The molecule has 1 atom stereocenters. The Labute approximate surface area is 174 Å². The first-order valence-corrected chi connectivity index (χ1v) is 9.69. The van der Waals surface area contributed by atoms with Gasteiger partial charge in [-0.3, -0.25) is 9.89 Å². The number of nitrogens with zero attached hydrogens (tertiary/aromatic N) is 4. The Morgan fingerprint density at radius 3 is 2.73 bits per heavy atom. The van der Waals surface area contributed by atoms with Crippen molar-refractivity contribution in [1.29, 1.82) is 0 Å². The van der Waals surface area contributed by atoms with E-state index in [0.717, 1.165) is 18.4 Å². The van der Waals surface area contributed by atoms with Crippen LogP contribution in [0.3, 0.4) is 0 Å². The minimum Gasteiger partial charge on any atom is -0.496 e. The fraction of sp³-hybridized carbons (Fsp3) is 0.333. The summed E-state index contributed by atoms with van der Waals surface area (Å²) in [6.45, 7) is 1.10. The van der Waals surface area contributed by atoms with Crippen molar-refractivity contribution in [2.24, 2.45) is 0 Å². The van der Waals surface area contributed by atoms with Crippen LogP contribution in [0.2, 0.25) is 0 Å². The summed E-state index contributed by atoms with van der Waals surface area (Å²) >= 11 is 0. The van der Waals surface area contributed by atoms with Crippen molar-refractivity contribution in [2.45, 2.75) is 18.9 Å². The molecule has 2 aromatic heterocycles. The van der Waals surface area contributed by atoms with Gasteiger partial charge in [-0.1, -0.05) is 12.1 Å². The second-order valence-corrected chi connectivity index (χ2v) is 6.87. The van der Waals surface area contributed by atoms with E-state index in [0.29, 0.717) is 42.0 Å². The van der Waals surface area contributed by atoms with Crippen molar-refractivity contribution in [3.05, 3.63) is 48.4 Å². The largest absolute Gasteiger partial charge is 0.496 e. The van der Waals surface area contributed by atoms with Gasteiger partial charge in [0.05, 0.1) is 26.5 Å². The van der Waals surface area contributed by atoms with Crippen LogP contribution in [0.4, 0.5) is 0 Å². The van der Waals surface area contributed by atoms with Crippen LogP contribution in [0.1, 0.15) is 23.3 Å². The van der Waals surface area contributed by atoms with Crippen molar-refractivity contribution in [2.75, 3.05) is 27.3 Å². The summed E-state index contributed by atoms with van der Waals surface area (Å²) in [6.07, 6.45) is 4.55. The van der Waals surface area contributed by atoms with Gasteiger partial charge in [0, 0.05) is 24.5 Å². The van der Waals surface area contributed by atoms with E-state index in [4.69, 9.17) is 14.2 Å². The third-order valence-corrected chi connectivity index (χ3v) is 4.96. The van der Waals surface area contributed by atoms with E-state index in [1.54, 1.807) is 30.5 Å². The number of H-pyrrole nitrogens is 1. The van der Waals surface area contributed by atoms with Gasteiger partial charge in [0.2, 0.25) is 0 Å². The van der Waals surface area contributed by atoms with Gasteiger partial charge in [0.1, 0.15) is 17.5 Å². The average molecular weight is 409 g/mol. The molecule has 1 amide bonds. The van der Waals surface area contributed by atoms with Gasteiger partial charge in [-0.15, -0.1) is 0 Å². The Kier molecular flexibility index (Phi) is 5.78. The third-order valence-electron chi connectivity index (χ3n) is 4.96. The monoisotopic (exact) mass is 409 g/mol. The number of piperidine rings is 1. The van der Waals surface area contributed by atoms with Gasteiger partial charge < -0.3 is 19.1 Å². The molecule has 0 saturated carbocycles. The number of hydrogen-bond acceptors (Lipinski definition) is 7. The molecule has 0 bridgehead atoms. The van der Waals surface area contributed by atoms with Crippen LogP contribution in [0, 0.1) is 0 Å². The highest BCUT2D eigenvalue weighted by Gasteiger charge is 2.28. The predicted octanol–water partition coefficient (Wildman–Crippen LogP) is 2.57. The fourth-order valence-electron chi connectivity index (χ4n) is 3.51. The van der Waals surface area contributed by atoms with Crippen LogP contribution in [0.25, 0.3) is 11.3 Å². The lowest BCUT2D eigenvalue weighted by molar-refractivity contribution is 0.0514. The Bertz CT molecular complexity index is 1020. The number of likely N-dealkylation sites (tertiary alicyclic amines) is 1. The van der Waals surface area contributed by atoms with Crippen molar-refractivity contribution >= 4 is 5.91 Å². The number of carbonyl (C=O) groups is 1. The highest BCUT2D eigenvalue weighted by Crippen LogP contribution is 2.29. The molecule has 1 aromatic carbocycles. The quantitative estimate of drug-likeness (QED) is 0.667. The molecule has 1 aliphatic heterocycles. The van der Waals surface area contributed by atoms with E-state index < -0.39 is 0 Å². The second-order valence-electron chi connectivity index (χ2n) is 6.87. The molecular weight excluding hydrogens is 386 g/mol. The number of amides is 1. The fourth-order valence-corrected chi connectivity index (χ4v) is 3.51. The molecule has 30 heavy (non-hydrogen) atoms. The maximum atomic E-state index is 13.0. The zero-order valence-electron chi connectivity index (χ0n) is 16.9. The number of hydrogen-bond donors (Lipinski definition) is 1. The van der Waals surface area contributed by atoms with Crippen molar-refractivity contribution in [1.82, 2.24) is 25.1 Å². The van der Waals surface area contributed by atoms with Gasteiger partial charge in [-0.2, -0.15) is 5.10 Å².